The van der Waals surface area contributed by atoms with Gasteiger partial charge in [-0.3, -0.25) is 4.79 Å². The summed E-state index contributed by atoms with van der Waals surface area (Å²) in [6.07, 6.45) is 0. The van der Waals surface area contributed by atoms with Crippen LogP contribution in [0.4, 0.5) is 0 Å². The van der Waals surface area contributed by atoms with Crippen molar-refractivity contribution < 1.29 is 4.79 Å². The molecule has 1 rings (SSSR count). The first-order chi connectivity index (χ1) is 6.00. The van der Waals surface area contributed by atoms with Gasteiger partial charge in [-0.1, -0.05) is 23.2 Å². The normalized spacial score (nSPS) is 9.85. The second kappa shape index (κ2) is 3.99. The van der Waals surface area contributed by atoms with Gasteiger partial charge in [0.15, 0.2) is 0 Å². The molecule has 0 aliphatic carbocycles. The van der Waals surface area contributed by atoms with Gasteiger partial charge >= 0.3 is 0 Å². The molecule has 1 radical (unpaired) electrons. The Morgan fingerprint density at radius 1 is 1.31 bits per heavy atom. The average molecular weight is 217 g/mol. The lowest BCUT2D eigenvalue weighted by Crippen LogP contribution is -2.21. The van der Waals surface area contributed by atoms with Gasteiger partial charge in [-0.05, 0) is 12.1 Å². The summed E-state index contributed by atoms with van der Waals surface area (Å²) in [6.45, 7) is 0. The average Bonchev–Trinajstić information content (AvgIpc) is 2.01. The highest BCUT2D eigenvalue weighted by Crippen LogP contribution is 2.18. The Morgan fingerprint density at radius 2 is 1.77 bits per heavy atom. The predicted molar refractivity (Wildman–Crippen MR) is 53.3 cm³/mol. The Kier molecular flexibility index (Phi) is 3.17. The number of rotatable bonds is 1. The Labute approximate surface area is 87.1 Å². The lowest BCUT2D eigenvalue weighted by atomic mass is 10.2. The largest absolute Gasteiger partial charge is 0.345 e. The fourth-order valence-electron chi connectivity index (χ4n) is 0.883. The van der Waals surface area contributed by atoms with E-state index in [1.807, 2.05) is 0 Å². The first-order valence-corrected chi connectivity index (χ1v) is 4.36. The van der Waals surface area contributed by atoms with E-state index in [0.29, 0.717) is 15.6 Å². The van der Waals surface area contributed by atoms with Gasteiger partial charge in [0, 0.05) is 25.7 Å². The Morgan fingerprint density at radius 3 is 2.15 bits per heavy atom. The summed E-state index contributed by atoms with van der Waals surface area (Å²) in [7, 11) is 3.34. The molecular weight excluding hydrogens is 209 g/mol. The van der Waals surface area contributed by atoms with E-state index in [0.717, 1.165) is 0 Å². The van der Waals surface area contributed by atoms with Crippen molar-refractivity contribution in [2.24, 2.45) is 0 Å². The summed E-state index contributed by atoms with van der Waals surface area (Å²) < 4.78 is 0. The molecule has 4 heteroatoms. The van der Waals surface area contributed by atoms with E-state index in [1.54, 1.807) is 14.1 Å². The molecular formula is C9H8Cl2NO. The van der Waals surface area contributed by atoms with E-state index in [1.165, 1.54) is 17.0 Å². The van der Waals surface area contributed by atoms with Crippen LogP contribution in [0.1, 0.15) is 10.4 Å². The molecule has 2 nitrogen and oxygen atoms in total. The molecule has 1 amide bonds. The molecule has 0 aromatic heterocycles. The standard InChI is InChI=1S/C9H8Cl2NO/c1-12(2)9(13)6-3-7(10)5-8(11)4-6/h3-4H,1-2H3. The number of hydrogen-bond donors (Lipinski definition) is 0. The first kappa shape index (κ1) is 10.4. The molecule has 1 aromatic carbocycles. The summed E-state index contributed by atoms with van der Waals surface area (Å²) in [5.74, 6) is -0.127. The van der Waals surface area contributed by atoms with Crippen LogP contribution >= 0.6 is 23.2 Å². The number of benzene rings is 1. The lowest BCUT2D eigenvalue weighted by Gasteiger charge is -2.10. The van der Waals surface area contributed by atoms with Crippen molar-refractivity contribution in [3.8, 4) is 0 Å². The van der Waals surface area contributed by atoms with E-state index in [-0.39, 0.29) is 5.91 Å². The summed E-state index contributed by atoms with van der Waals surface area (Å²) in [6, 6.07) is 5.74. The zero-order valence-electron chi connectivity index (χ0n) is 7.27. The van der Waals surface area contributed by atoms with Crippen molar-refractivity contribution >= 4 is 29.1 Å². The number of amides is 1. The lowest BCUT2D eigenvalue weighted by molar-refractivity contribution is 0.0827. The molecule has 0 fully saturated rings. The van der Waals surface area contributed by atoms with Gasteiger partial charge < -0.3 is 4.90 Å². The summed E-state index contributed by atoms with van der Waals surface area (Å²) in [4.78, 5) is 12.9. The highest BCUT2D eigenvalue weighted by atomic mass is 35.5. The highest BCUT2D eigenvalue weighted by molar-refractivity contribution is 6.34. The van der Waals surface area contributed by atoms with Gasteiger partial charge in [0.2, 0.25) is 0 Å². The van der Waals surface area contributed by atoms with E-state index in [9.17, 15) is 4.79 Å². The number of carbonyl (C=O) groups is 1. The molecule has 0 aliphatic heterocycles. The molecule has 0 aliphatic rings. The number of carbonyl (C=O) groups excluding carboxylic acids is 1. The third-order valence-corrected chi connectivity index (χ3v) is 1.86. The maximum atomic E-state index is 11.4. The van der Waals surface area contributed by atoms with Crippen LogP contribution < -0.4 is 0 Å². The fourth-order valence-corrected chi connectivity index (χ4v) is 1.37. The fraction of sp³-hybridized carbons (Fsp3) is 0.222. The van der Waals surface area contributed by atoms with Crippen molar-refractivity contribution in [3.05, 3.63) is 33.8 Å². The zero-order valence-corrected chi connectivity index (χ0v) is 8.78. The first-order valence-electron chi connectivity index (χ1n) is 3.60. The van der Waals surface area contributed by atoms with E-state index < -0.39 is 0 Å². The van der Waals surface area contributed by atoms with E-state index in [2.05, 4.69) is 6.07 Å². The monoisotopic (exact) mass is 216 g/mol. The van der Waals surface area contributed by atoms with Gasteiger partial charge in [0.1, 0.15) is 0 Å². The number of hydrogen-bond acceptors (Lipinski definition) is 1. The molecule has 0 N–H and O–H groups in total. The summed E-state index contributed by atoms with van der Waals surface area (Å²) in [5.41, 5.74) is 0.471. The van der Waals surface area contributed by atoms with Gasteiger partial charge in [-0.2, -0.15) is 0 Å². The van der Waals surface area contributed by atoms with Crippen molar-refractivity contribution in [1.82, 2.24) is 4.90 Å². The maximum Gasteiger partial charge on any atom is 0.253 e. The quantitative estimate of drug-likeness (QED) is 0.707. The molecule has 0 atom stereocenters. The van der Waals surface area contributed by atoms with Crippen LogP contribution in [-0.4, -0.2) is 24.9 Å². The summed E-state index contributed by atoms with van der Waals surface area (Å²) >= 11 is 11.4. The summed E-state index contributed by atoms with van der Waals surface area (Å²) in [5, 5.41) is 0.690. The molecule has 0 bridgehead atoms. The molecule has 0 saturated carbocycles. The second-order valence-corrected chi connectivity index (χ2v) is 3.58. The number of nitrogens with zero attached hydrogens (tertiary/aromatic N) is 1. The molecule has 0 heterocycles. The molecule has 0 saturated heterocycles. The van der Waals surface area contributed by atoms with Crippen LogP contribution in [0.3, 0.4) is 0 Å². The van der Waals surface area contributed by atoms with Gasteiger partial charge in [0.25, 0.3) is 5.91 Å². The van der Waals surface area contributed by atoms with E-state index >= 15 is 0 Å². The third kappa shape index (κ3) is 2.61. The Hall–Kier alpha value is -0.730. The van der Waals surface area contributed by atoms with Crippen molar-refractivity contribution in [2.75, 3.05) is 14.1 Å². The van der Waals surface area contributed by atoms with Crippen LogP contribution in [0.5, 0.6) is 0 Å². The third-order valence-electron chi connectivity index (χ3n) is 1.46. The maximum absolute atomic E-state index is 11.4. The minimum absolute atomic E-state index is 0.127. The van der Waals surface area contributed by atoms with E-state index in [4.69, 9.17) is 23.2 Å². The number of halogens is 2. The predicted octanol–water partition coefficient (Wildman–Crippen LogP) is 2.50. The minimum atomic E-state index is -0.127. The minimum Gasteiger partial charge on any atom is -0.345 e. The van der Waals surface area contributed by atoms with Crippen molar-refractivity contribution in [1.29, 1.82) is 0 Å². The van der Waals surface area contributed by atoms with Crippen molar-refractivity contribution in [3.63, 3.8) is 0 Å². The second-order valence-electron chi connectivity index (χ2n) is 2.76. The van der Waals surface area contributed by atoms with Crippen LogP contribution in [0.2, 0.25) is 10.0 Å². The van der Waals surface area contributed by atoms with Crippen molar-refractivity contribution in [2.45, 2.75) is 0 Å². The molecule has 0 unspecified atom stereocenters. The Bertz CT molecular complexity index is 316. The Balaban J connectivity index is 3.08. The molecule has 13 heavy (non-hydrogen) atoms. The van der Waals surface area contributed by atoms with Gasteiger partial charge in [-0.15, -0.1) is 0 Å². The van der Waals surface area contributed by atoms with Crippen LogP contribution in [-0.2, 0) is 0 Å². The molecule has 69 valence electrons. The van der Waals surface area contributed by atoms with Gasteiger partial charge in [-0.25, -0.2) is 0 Å². The highest BCUT2D eigenvalue weighted by Gasteiger charge is 2.09. The molecule has 1 aromatic rings. The van der Waals surface area contributed by atoms with Crippen LogP contribution in [0.25, 0.3) is 0 Å². The topological polar surface area (TPSA) is 20.3 Å². The SMILES string of the molecule is CN(C)C(=O)c1cc(Cl)[c]c(Cl)c1. The smallest absolute Gasteiger partial charge is 0.253 e. The zero-order chi connectivity index (χ0) is 10.0. The van der Waals surface area contributed by atoms with Crippen LogP contribution in [0.15, 0.2) is 12.1 Å². The van der Waals surface area contributed by atoms with Gasteiger partial charge in [0.05, 0.1) is 10.0 Å². The van der Waals surface area contributed by atoms with Crippen LogP contribution in [0, 0.1) is 6.07 Å². The molecule has 0 spiro atoms.